The van der Waals surface area contributed by atoms with Crippen molar-refractivity contribution in [2.45, 2.75) is 26.8 Å². The van der Waals surface area contributed by atoms with E-state index in [4.69, 9.17) is 5.11 Å². The minimum Gasteiger partial charge on any atom is -0.395 e. The SMILES string of the molecule is Cc1c(NC(C)c2cnn(C)c2C)cccc1C(=O)NCCO. The molecule has 1 aromatic carbocycles. The van der Waals surface area contributed by atoms with Crippen LogP contribution in [0.15, 0.2) is 24.4 Å². The Morgan fingerprint density at radius 3 is 2.74 bits per heavy atom. The van der Waals surface area contributed by atoms with Crippen molar-refractivity contribution in [1.29, 1.82) is 0 Å². The van der Waals surface area contributed by atoms with Gasteiger partial charge in [-0.05, 0) is 38.5 Å². The second kappa shape index (κ2) is 7.28. The predicted octanol–water partition coefficient (Wildman–Crippen LogP) is 1.93. The number of aliphatic hydroxyl groups excluding tert-OH is 1. The summed E-state index contributed by atoms with van der Waals surface area (Å²) in [5.74, 6) is -0.176. The fourth-order valence-electron chi connectivity index (χ4n) is 2.55. The highest BCUT2D eigenvalue weighted by molar-refractivity contribution is 5.97. The lowest BCUT2D eigenvalue weighted by Crippen LogP contribution is -2.27. The monoisotopic (exact) mass is 316 g/mol. The van der Waals surface area contributed by atoms with E-state index in [9.17, 15) is 4.79 Å². The van der Waals surface area contributed by atoms with E-state index in [0.717, 1.165) is 22.5 Å². The Morgan fingerprint density at radius 2 is 2.13 bits per heavy atom. The van der Waals surface area contributed by atoms with Crippen LogP contribution in [0.2, 0.25) is 0 Å². The van der Waals surface area contributed by atoms with E-state index in [1.807, 2.05) is 43.9 Å². The number of aromatic nitrogens is 2. The molecule has 0 spiro atoms. The molecule has 0 aliphatic heterocycles. The quantitative estimate of drug-likeness (QED) is 0.761. The normalized spacial score (nSPS) is 12.0. The number of nitrogens with zero attached hydrogens (tertiary/aromatic N) is 2. The largest absolute Gasteiger partial charge is 0.395 e. The van der Waals surface area contributed by atoms with E-state index in [1.54, 1.807) is 6.07 Å². The second-order valence-corrected chi connectivity index (χ2v) is 5.63. The summed E-state index contributed by atoms with van der Waals surface area (Å²) < 4.78 is 1.85. The van der Waals surface area contributed by atoms with Gasteiger partial charge in [0.15, 0.2) is 0 Å². The third-order valence-corrected chi connectivity index (χ3v) is 4.09. The first-order chi connectivity index (χ1) is 11.0. The van der Waals surface area contributed by atoms with Crippen LogP contribution in [0.3, 0.4) is 0 Å². The zero-order valence-electron chi connectivity index (χ0n) is 14.1. The molecule has 1 unspecified atom stereocenters. The van der Waals surface area contributed by atoms with E-state index in [1.165, 1.54) is 0 Å². The van der Waals surface area contributed by atoms with Crippen LogP contribution in [0.4, 0.5) is 5.69 Å². The van der Waals surface area contributed by atoms with Crippen LogP contribution in [-0.4, -0.2) is 33.9 Å². The number of nitrogens with one attached hydrogen (secondary N) is 2. The molecule has 0 saturated carbocycles. The molecule has 2 aromatic rings. The molecule has 0 radical (unpaired) electrons. The average Bonchev–Trinajstić information content (AvgIpc) is 2.86. The van der Waals surface area contributed by atoms with Crippen molar-refractivity contribution >= 4 is 11.6 Å². The summed E-state index contributed by atoms with van der Waals surface area (Å²) in [7, 11) is 1.92. The summed E-state index contributed by atoms with van der Waals surface area (Å²) >= 11 is 0. The van der Waals surface area contributed by atoms with E-state index in [0.29, 0.717) is 5.56 Å². The lowest BCUT2D eigenvalue weighted by atomic mass is 10.0. The Kier molecular flexibility index (Phi) is 5.39. The maximum atomic E-state index is 12.1. The molecule has 6 nitrogen and oxygen atoms in total. The number of carbonyl (C=O) groups excluding carboxylic acids is 1. The van der Waals surface area contributed by atoms with Crippen LogP contribution in [0.5, 0.6) is 0 Å². The first-order valence-electron chi connectivity index (χ1n) is 7.69. The average molecular weight is 316 g/mol. The number of carbonyl (C=O) groups is 1. The summed E-state index contributed by atoms with van der Waals surface area (Å²) in [6.45, 7) is 6.20. The van der Waals surface area contributed by atoms with Gasteiger partial charge in [-0.25, -0.2) is 0 Å². The van der Waals surface area contributed by atoms with E-state index in [2.05, 4.69) is 22.7 Å². The van der Waals surface area contributed by atoms with Crippen molar-refractivity contribution < 1.29 is 9.90 Å². The van der Waals surface area contributed by atoms with Crippen molar-refractivity contribution in [2.75, 3.05) is 18.5 Å². The summed E-state index contributed by atoms with van der Waals surface area (Å²) in [4.78, 5) is 12.1. The summed E-state index contributed by atoms with van der Waals surface area (Å²) in [6, 6.07) is 5.68. The van der Waals surface area contributed by atoms with Crippen molar-refractivity contribution in [1.82, 2.24) is 15.1 Å². The number of anilines is 1. The fourth-order valence-corrected chi connectivity index (χ4v) is 2.55. The molecular weight excluding hydrogens is 292 g/mol. The van der Waals surface area contributed by atoms with Crippen LogP contribution in [0.1, 0.15) is 40.1 Å². The van der Waals surface area contributed by atoms with Gasteiger partial charge in [-0.15, -0.1) is 0 Å². The Morgan fingerprint density at radius 1 is 1.39 bits per heavy atom. The number of benzene rings is 1. The highest BCUT2D eigenvalue weighted by Gasteiger charge is 2.15. The number of amides is 1. The maximum Gasteiger partial charge on any atom is 0.251 e. The maximum absolute atomic E-state index is 12.1. The molecule has 3 N–H and O–H groups in total. The third-order valence-electron chi connectivity index (χ3n) is 4.09. The number of hydrogen-bond acceptors (Lipinski definition) is 4. The highest BCUT2D eigenvalue weighted by atomic mass is 16.3. The van der Waals surface area contributed by atoms with E-state index in [-0.39, 0.29) is 25.1 Å². The van der Waals surface area contributed by atoms with Crippen LogP contribution in [-0.2, 0) is 7.05 Å². The number of rotatable bonds is 6. The molecule has 0 bridgehead atoms. The van der Waals surface area contributed by atoms with Gasteiger partial charge < -0.3 is 15.7 Å². The molecule has 1 atom stereocenters. The number of hydrogen-bond donors (Lipinski definition) is 3. The van der Waals surface area contributed by atoms with Gasteiger partial charge in [0.05, 0.1) is 18.8 Å². The van der Waals surface area contributed by atoms with Crippen molar-refractivity contribution in [3.63, 3.8) is 0 Å². The minimum atomic E-state index is -0.176. The molecule has 0 aliphatic carbocycles. The molecule has 23 heavy (non-hydrogen) atoms. The molecule has 1 amide bonds. The molecule has 0 saturated heterocycles. The van der Waals surface area contributed by atoms with Gasteiger partial charge in [-0.3, -0.25) is 9.48 Å². The zero-order valence-corrected chi connectivity index (χ0v) is 14.1. The van der Waals surface area contributed by atoms with Gasteiger partial charge in [0.2, 0.25) is 0 Å². The molecule has 2 rings (SSSR count). The topological polar surface area (TPSA) is 79.2 Å². The van der Waals surface area contributed by atoms with Gasteiger partial charge in [-0.2, -0.15) is 5.10 Å². The molecule has 0 aliphatic rings. The van der Waals surface area contributed by atoms with Crippen molar-refractivity contribution in [2.24, 2.45) is 7.05 Å². The molecule has 0 fully saturated rings. The Bertz CT molecular complexity index is 694. The lowest BCUT2D eigenvalue weighted by molar-refractivity contribution is 0.0944. The minimum absolute atomic E-state index is 0.0694. The van der Waals surface area contributed by atoms with Gasteiger partial charge in [0.25, 0.3) is 5.91 Å². The summed E-state index contributed by atoms with van der Waals surface area (Å²) in [5, 5.41) is 19.2. The Balaban J connectivity index is 2.20. The molecule has 1 aromatic heterocycles. The van der Waals surface area contributed by atoms with Crippen LogP contribution in [0, 0.1) is 13.8 Å². The Hall–Kier alpha value is -2.34. The highest BCUT2D eigenvalue weighted by Crippen LogP contribution is 2.25. The number of aliphatic hydroxyl groups is 1. The molecule has 1 heterocycles. The second-order valence-electron chi connectivity index (χ2n) is 5.63. The zero-order chi connectivity index (χ0) is 17.0. The summed E-state index contributed by atoms with van der Waals surface area (Å²) in [5.41, 5.74) is 4.65. The van der Waals surface area contributed by atoms with Crippen LogP contribution < -0.4 is 10.6 Å². The van der Waals surface area contributed by atoms with Gasteiger partial charge in [0, 0.05) is 36.1 Å². The van der Waals surface area contributed by atoms with E-state index < -0.39 is 0 Å². The van der Waals surface area contributed by atoms with Crippen LogP contribution >= 0.6 is 0 Å². The first kappa shape index (κ1) is 17.0. The smallest absolute Gasteiger partial charge is 0.251 e. The standard InChI is InChI=1S/C17H24N4O2/c1-11-14(17(23)18-8-9-22)6-5-7-16(11)20-12(2)15-10-19-21(4)13(15)3/h5-7,10,12,20,22H,8-9H2,1-4H3,(H,18,23). The van der Waals surface area contributed by atoms with Gasteiger partial charge in [-0.1, -0.05) is 6.07 Å². The van der Waals surface area contributed by atoms with Crippen molar-refractivity contribution in [3.05, 3.63) is 46.8 Å². The molecule has 124 valence electrons. The molecule has 6 heteroatoms. The fraction of sp³-hybridized carbons (Fsp3) is 0.412. The van der Waals surface area contributed by atoms with Gasteiger partial charge in [0.1, 0.15) is 0 Å². The predicted molar refractivity (Wildman–Crippen MR) is 90.6 cm³/mol. The van der Waals surface area contributed by atoms with Gasteiger partial charge >= 0.3 is 0 Å². The first-order valence-corrected chi connectivity index (χ1v) is 7.69. The van der Waals surface area contributed by atoms with E-state index >= 15 is 0 Å². The third kappa shape index (κ3) is 3.71. The number of aryl methyl sites for hydroxylation is 1. The van der Waals surface area contributed by atoms with Crippen LogP contribution in [0.25, 0.3) is 0 Å². The Labute approximate surface area is 136 Å². The van der Waals surface area contributed by atoms with Crippen molar-refractivity contribution in [3.8, 4) is 0 Å². The lowest BCUT2D eigenvalue weighted by Gasteiger charge is -2.18. The molecular formula is C17H24N4O2. The summed E-state index contributed by atoms with van der Waals surface area (Å²) in [6.07, 6.45) is 1.86.